The van der Waals surface area contributed by atoms with Crippen LogP contribution >= 0.6 is 0 Å². The molecule has 25 heavy (non-hydrogen) atoms. The zero-order valence-electron chi connectivity index (χ0n) is 14.7. The number of carboxylic acids is 1. The SMILES string of the molecule is COc1cc(C(C)NC(=O)C2(C(=O)O)CC2)ccc1OC1CCCC1. The van der Waals surface area contributed by atoms with Crippen molar-refractivity contribution in [3.05, 3.63) is 23.8 Å². The summed E-state index contributed by atoms with van der Waals surface area (Å²) < 4.78 is 11.5. The molecule has 2 aliphatic carbocycles. The predicted octanol–water partition coefficient (Wildman–Crippen LogP) is 3.06. The average molecular weight is 347 g/mol. The Labute approximate surface area is 147 Å². The molecule has 0 spiro atoms. The van der Waals surface area contributed by atoms with Gasteiger partial charge >= 0.3 is 5.97 Å². The molecule has 1 amide bonds. The summed E-state index contributed by atoms with van der Waals surface area (Å²) in [4.78, 5) is 23.5. The zero-order chi connectivity index (χ0) is 18.0. The minimum Gasteiger partial charge on any atom is -0.493 e. The number of carbonyl (C=O) groups is 2. The first-order chi connectivity index (χ1) is 12.0. The molecule has 0 radical (unpaired) electrons. The van der Waals surface area contributed by atoms with Crippen molar-refractivity contribution < 1.29 is 24.2 Å². The normalized spacial score (nSPS) is 19.9. The predicted molar refractivity (Wildman–Crippen MR) is 91.7 cm³/mol. The van der Waals surface area contributed by atoms with Gasteiger partial charge in [0.25, 0.3) is 0 Å². The van der Waals surface area contributed by atoms with E-state index in [0.29, 0.717) is 24.3 Å². The summed E-state index contributed by atoms with van der Waals surface area (Å²) >= 11 is 0. The molecule has 136 valence electrons. The Balaban J connectivity index is 1.69. The van der Waals surface area contributed by atoms with Crippen LogP contribution in [-0.2, 0) is 9.59 Å². The second-order valence-electron chi connectivity index (χ2n) is 7.02. The highest BCUT2D eigenvalue weighted by molar-refractivity contribution is 6.04. The number of benzene rings is 1. The minimum atomic E-state index is -1.23. The largest absolute Gasteiger partial charge is 0.493 e. The van der Waals surface area contributed by atoms with Crippen LogP contribution in [-0.4, -0.2) is 30.2 Å². The summed E-state index contributed by atoms with van der Waals surface area (Å²) in [5.74, 6) is -0.126. The summed E-state index contributed by atoms with van der Waals surface area (Å²) in [7, 11) is 1.59. The van der Waals surface area contributed by atoms with E-state index in [4.69, 9.17) is 9.47 Å². The Bertz CT molecular complexity index is 662. The molecule has 6 heteroatoms. The van der Waals surface area contributed by atoms with Gasteiger partial charge in [0.1, 0.15) is 5.41 Å². The van der Waals surface area contributed by atoms with Gasteiger partial charge in [0.15, 0.2) is 11.5 Å². The van der Waals surface area contributed by atoms with Gasteiger partial charge in [-0.25, -0.2) is 0 Å². The number of ether oxygens (including phenoxy) is 2. The van der Waals surface area contributed by atoms with Crippen molar-refractivity contribution in [2.45, 2.75) is 57.6 Å². The lowest BCUT2D eigenvalue weighted by atomic mass is 10.0. The fourth-order valence-corrected chi connectivity index (χ4v) is 3.32. The average Bonchev–Trinajstić information content (AvgIpc) is 3.27. The first kappa shape index (κ1) is 17.6. The second kappa shape index (κ2) is 6.94. The molecule has 1 unspecified atom stereocenters. The number of carbonyl (C=O) groups excluding carboxylic acids is 1. The summed E-state index contributed by atoms with van der Waals surface area (Å²) in [5, 5.41) is 12.0. The molecule has 6 nitrogen and oxygen atoms in total. The number of aliphatic carboxylic acids is 1. The number of rotatable bonds is 7. The van der Waals surface area contributed by atoms with E-state index >= 15 is 0 Å². The van der Waals surface area contributed by atoms with E-state index in [9.17, 15) is 14.7 Å². The molecule has 2 N–H and O–H groups in total. The summed E-state index contributed by atoms with van der Waals surface area (Å²) in [5.41, 5.74) is -0.380. The molecule has 0 bridgehead atoms. The van der Waals surface area contributed by atoms with Crippen LogP contribution in [0.3, 0.4) is 0 Å². The summed E-state index contributed by atoms with van der Waals surface area (Å²) in [6.45, 7) is 1.84. The number of nitrogens with one attached hydrogen (secondary N) is 1. The van der Waals surface area contributed by atoms with Crippen molar-refractivity contribution in [1.29, 1.82) is 0 Å². The van der Waals surface area contributed by atoms with Gasteiger partial charge in [-0.1, -0.05) is 6.07 Å². The fraction of sp³-hybridized carbons (Fsp3) is 0.579. The van der Waals surface area contributed by atoms with E-state index in [1.54, 1.807) is 7.11 Å². The number of methoxy groups -OCH3 is 1. The maximum Gasteiger partial charge on any atom is 0.319 e. The lowest BCUT2D eigenvalue weighted by Gasteiger charge is -2.20. The van der Waals surface area contributed by atoms with Crippen molar-refractivity contribution in [1.82, 2.24) is 5.32 Å². The molecule has 0 heterocycles. The molecule has 2 aliphatic rings. The molecule has 3 rings (SSSR count). The molecule has 1 atom stereocenters. The Morgan fingerprint density at radius 2 is 1.92 bits per heavy atom. The molecule has 1 aromatic rings. The highest BCUT2D eigenvalue weighted by Gasteiger charge is 2.57. The van der Waals surface area contributed by atoms with Crippen LogP contribution in [0.25, 0.3) is 0 Å². The highest BCUT2D eigenvalue weighted by Crippen LogP contribution is 2.46. The van der Waals surface area contributed by atoms with Crippen molar-refractivity contribution in [2.24, 2.45) is 5.41 Å². The third-order valence-corrected chi connectivity index (χ3v) is 5.23. The first-order valence-corrected chi connectivity index (χ1v) is 8.85. The topological polar surface area (TPSA) is 84.9 Å². The monoisotopic (exact) mass is 347 g/mol. The molecular formula is C19H25NO5. The molecule has 2 saturated carbocycles. The third kappa shape index (κ3) is 3.57. The Hall–Kier alpha value is -2.24. The highest BCUT2D eigenvalue weighted by atomic mass is 16.5. The summed E-state index contributed by atoms with van der Waals surface area (Å²) in [6.07, 6.45) is 5.56. The lowest BCUT2D eigenvalue weighted by molar-refractivity contribution is -0.149. The van der Waals surface area contributed by atoms with E-state index in [1.165, 1.54) is 12.8 Å². The van der Waals surface area contributed by atoms with Gasteiger partial charge in [-0.3, -0.25) is 9.59 Å². The van der Waals surface area contributed by atoms with Gasteiger partial charge in [-0.15, -0.1) is 0 Å². The van der Waals surface area contributed by atoms with Gasteiger partial charge in [0.2, 0.25) is 5.91 Å². The Morgan fingerprint density at radius 3 is 2.48 bits per heavy atom. The van der Waals surface area contributed by atoms with Crippen molar-refractivity contribution in [3.63, 3.8) is 0 Å². The van der Waals surface area contributed by atoms with E-state index in [1.807, 2.05) is 25.1 Å². The van der Waals surface area contributed by atoms with E-state index in [2.05, 4.69) is 5.32 Å². The number of hydrogen-bond acceptors (Lipinski definition) is 4. The third-order valence-electron chi connectivity index (χ3n) is 5.23. The van der Waals surface area contributed by atoms with Gasteiger partial charge < -0.3 is 19.9 Å². The van der Waals surface area contributed by atoms with Gasteiger partial charge in [0.05, 0.1) is 19.3 Å². The number of hydrogen-bond donors (Lipinski definition) is 2. The second-order valence-corrected chi connectivity index (χ2v) is 7.02. The van der Waals surface area contributed by atoms with Crippen LogP contribution in [0.5, 0.6) is 11.5 Å². The molecule has 2 fully saturated rings. The first-order valence-electron chi connectivity index (χ1n) is 8.85. The van der Waals surface area contributed by atoms with Crippen molar-refractivity contribution in [2.75, 3.05) is 7.11 Å². The van der Waals surface area contributed by atoms with E-state index < -0.39 is 17.3 Å². The lowest BCUT2D eigenvalue weighted by Crippen LogP contribution is -2.38. The van der Waals surface area contributed by atoms with Crippen molar-refractivity contribution in [3.8, 4) is 11.5 Å². The van der Waals surface area contributed by atoms with Gasteiger partial charge in [-0.05, 0) is 63.1 Å². The Kier molecular flexibility index (Phi) is 4.88. The summed E-state index contributed by atoms with van der Waals surface area (Å²) in [6, 6.07) is 5.28. The molecule has 0 saturated heterocycles. The van der Waals surface area contributed by atoms with Crippen molar-refractivity contribution >= 4 is 11.9 Å². The van der Waals surface area contributed by atoms with Crippen LogP contribution in [0.1, 0.15) is 57.1 Å². The van der Waals surface area contributed by atoms with Crippen LogP contribution in [0.4, 0.5) is 0 Å². The van der Waals surface area contributed by atoms with Gasteiger partial charge in [0, 0.05) is 0 Å². The van der Waals surface area contributed by atoms with Crippen LogP contribution in [0, 0.1) is 5.41 Å². The zero-order valence-corrected chi connectivity index (χ0v) is 14.7. The minimum absolute atomic E-state index is 0.238. The molecule has 0 aromatic heterocycles. The molecule has 1 aromatic carbocycles. The van der Waals surface area contributed by atoms with Crippen LogP contribution in [0.15, 0.2) is 18.2 Å². The fourth-order valence-electron chi connectivity index (χ4n) is 3.32. The van der Waals surface area contributed by atoms with Crippen LogP contribution in [0.2, 0.25) is 0 Å². The maximum atomic E-state index is 12.3. The quantitative estimate of drug-likeness (QED) is 0.741. The number of carboxylic acid groups (broad SMARTS) is 1. The van der Waals surface area contributed by atoms with Crippen LogP contribution < -0.4 is 14.8 Å². The van der Waals surface area contributed by atoms with E-state index in [-0.39, 0.29) is 12.1 Å². The standard InChI is InChI=1S/C19H25NO5/c1-12(20-17(21)19(9-10-19)18(22)23)13-7-8-15(16(11-13)24-2)25-14-5-3-4-6-14/h7-8,11-12,14H,3-6,9-10H2,1-2H3,(H,20,21)(H,22,23). The number of amides is 1. The van der Waals surface area contributed by atoms with Gasteiger partial charge in [-0.2, -0.15) is 0 Å². The van der Waals surface area contributed by atoms with E-state index in [0.717, 1.165) is 18.4 Å². The molecular weight excluding hydrogens is 322 g/mol. The Morgan fingerprint density at radius 1 is 1.24 bits per heavy atom. The maximum absolute atomic E-state index is 12.3. The molecule has 0 aliphatic heterocycles. The smallest absolute Gasteiger partial charge is 0.319 e.